The molecule has 6 nitrogen and oxygen atoms in total. The van der Waals surface area contributed by atoms with E-state index in [9.17, 15) is 22.5 Å². The maximum atomic E-state index is 14.2. The third kappa shape index (κ3) is 11.7. The van der Waals surface area contributed by atoms with Crippen molar-refractivity contribution in [3.63, 3.8) is 0 Å². The summed E-state index contributed by atoms with van der Waals surface area (Å²) < 4.78 is 73.8. The lowest BCUT2D eigenvalue weighted by Crippen LogP contribution is -2.51. The Labute approximate surface area is 268 Å². The summed E-state index contributed by atoms with van der Waals surface area (Å²) in [4.78, 5) is 12.8. The van der Waals surface area contributed by atoms with E-state index in [1.165, 1.54) is 6.07 Å². The lowest BCUT2D eigenvalue weighted by atomic mass is 9.93. The van der Waals surface area contributed by atoms with Crippen LogP contribution in [0.15, 0.2) is 42.5 Å². The van der Waals surface area contributed by atoms with Gasteiger partial charge in [-0.25, -0.2) is 4.79 Å². The highest BCUT2D eigenvalue weighted by atomic mass is 31.2. The number of alkyl halides is 3. The van der Waals surface area contributed by atoms with E-state index in [0.717, 1.165) is 17.2 Å². The lowest BCUT2D eigenvalue weighted by molar-refractivity contribution is -0.139. The number of aryl methyl sites for hydroxylation is 3. The Morgan fingerprint density at radius 3 is 1.98 bits per heavy atom. The van der Waals surface area contributed by atoms with Crippen LogP contribution in [0.2, 0.25) is 0 Å². The molecular weight excluding hydrogens is 602 g/mol. The van der Waals surface area contributed by atoms with Crippen molar-refractivity contribution in [3.05, 3.63) is 64.7 Å². The van der Waals surface area contributed by atoms with Crippen LogP contribution in [0.4, 0.5) is 18.0 Å². The molecular formula is C35H53F3NO5P. The number of carbonyl (C=O) groups is 1. The number of nitrogens with one attached hydrogen (secondary N) is 1. The molecule has 0 heterocycles. The Balaban J connectivity index is 2.26. The van der Waals surface area contributed by atoms with Gasteiger partial charge in [0.25, 0.3) is 0 Å². The maximum Gasteiger partial charge on any atom is 0.419 e. The van der Waals surface area contributed by atoms with Gasteiger partial charge in [-0.3, -0.25) is 4.57 Å². The molecule has 0 aromatic heterocycles. The molecule has 0 fully saturated rings. The Hall–Kier alpha value is -2.51. The van der Waals surface area contributed by atoms with Crippen LogP contribution in [0.25, 0.3) is 0 Å². The average molecular weight is 656 g/mol. The molecule has 2 aromatic carbocycles. The minimum Gasteiger partial charge on any atom is -0.493 e. The van der Waals surface area contributed by atoms with Gasteiger partial charge in [-0.05, 0) is 83.6 Å². The van der Waals surface area contributed by atoms with Gasteiger partial charge < -0.3 is 19.3 Å². The predicted octanol–water partition coefficient (Wildman–Crippen LogP) is 10.1. The summed E-state index contributed by atoms with van der Waals surface area (Å²) in [6.07, 6.45) is -3.65. The van der Waals surface area contributed by atoms with E-state index in [0.29, 0.717) is 18.4 Å². The summed E-state index contributed by atoms with van der Waals surface area (Å²) in [6, 6.07) is 12.1. The first-order valence-electron chi connectivity index (χ1n) is 15.5. The minimum absolute atomic E-state index is 0.119. The monoisotopic (exact) mass is 655 g/mol. The van der Waals surface area contributed by atoms with Crippen LogP contribution in [0, 0.1) is 6.92 Å². The van der Waals surface area contributed by atoms with Gasteiger partial charge in [-0.15, -0.1) is 0 Å². The van der Waals surface area contributed by atoms with E-state index in [-0.39, 0.29) is 31.8 Å². The van der Waals surface area contributed by atoms with Crippen molar-refractivity contribution in [2.24, 2.45) is 0 Å². The van der Waals surface area contributed by atoms with E-state index in [1.54, 1.807) is 33.8 Å². The first-order valence-corrected chi connectivity index (χ1v) is 17.1. The van der Waals surface area contributed by atoms with Crippen LogP contribution in [0.3, 0.4) is 0 Å². The molecule has 2 rings (SSSR count). The second-order valence-electron chi connectivity index (χ2n) is 15.1. The van der Waals surface area contributed by atoms with Gasteiger partial charge in [-0.2, -0.15) is 13.2 Å². The van der Waals surface area contributed by atoms with Crippen LogP contribution in [-0.4, -0.2) is 40.8 Å². The fourth-order valence-electron chi connectivity index (χ4n) is 5.17. The van der Waals surface area contributed by atoms with Gasteiger partial charge in [0, 0.05) is 10.3 Å². The number of rotatable bonds is 12. The molecule has 0 saturated carbocycles. The molecule has 0 aliphatic carbocycles. The zero-order valence-corrected chi connectivity index (χ0v) is 29.8. The molecule has 10 heteroatoms. The SMILES string of the molecule is Cc1cccc(CCCOc2ccc(CCC(C)(COP(=O)(C(C)(C)C)C(C)(C)C)NC(=O)OC(C)(C)C)cc2C(F)(F)F)c1. The van der Waals surface area contributed by atoms with E-state index < -0.39 is 46.7 Å². The minimum atomic E-state index is -4.62. The van der Waals surface area contributed by atoms with Crippen molar-refractivity contribution >= 4 is 13.5 Å². The number of hydrogen-bond acceptors (Lipinski definition) is 5. The summed E-state index contributed by atoms with van der Waals surface area (Å²) in [7, 11) is -3.29. The largest absolute Gasteiger partial charge is 0.493 e. The number of amides is 1. The highest BCUT2D eigenvalue weighted by Gasteiger charge is 2.49. The third-order valence-electron chi connectivity index (χ3n) is 7.40. The number of halogens is 3. The highest BCUT2D eigenvalue weighted by Crippen LogP contribution is 2.67. The Bertz CT molecular complexity index is 1320. The Morgan fingerprint density at radius 2 is 1.44 bits per heavy atom. The topological polar surface area (TPSA) is 73.9 Å². The molecule has 0 aliphatic rings. The maximum absolute atomic E-state index is 14.2. The Morgan fingerprint density at radius 1 is 0.844 bits per heavy atom. The number of benzene rings is 2. The zero-order valence-electron chi connectivity index (χ0n) is 28.9. The molecule has 0 saturated heterocycles. The molecule has 2 aromatic rings. The molecule has 1 unspecified atom stereocenters. The molecule has 254 valence electrons. The first kappa shape index (κ1) is 38.7. The molecule has 1 amide bonds. The van der Waals surface area contributed by atoms with E-state index >= 15 is 0 Å². The van der Waals surface area contributed by atoms with Gasteiger partial charge in [0.05, 0.1) is 24.3 Å². The first-order chi connectivity index (χ1) is 20.4. The second-order valence-corrected chi connectivity index (χ2v) is 19.2. The summed E-state index contributed by atoms with van der Waals surface area (Å²) in [5, 5.41) is 1.48. The van der Waals surface area contributed by atoms with Gasteiger partial charge >= 0.3 is 12.3 Å². The zero-order chi connectivity index (χ0) is 34.5. The molecule has 0 aliphatic heterocycles. The molecule has 1 N–H and O–H groups in total. The summed E-state index contributed by atoms with van der Waals surface area (Å²) >= 11 is 0. The van der Waals surface area contributed by atoms with Gasteiger partial charge in [0.1, 0.15) is 11.4 Å². The Kier molecular flexibility index (Phi) is 12.5. The van der Waals surface area contributed by atoms with Crippen molar-refractivity contribution in [2.75, 3.05) is 13.2 Å². The molecule has 45 heavy (non-hydrogen) atoms. The quantitative estimate of drug-likeness (QED) is 0.182. The fourth-order valence-corrected chi connectivity index (χ4v) is 8.43. The third-order valence-corrected chi connectivity index (χ3v) is 11.4. The number of alkyl carbamates (subject to hydrolysis) is 1. The van der Waals surface area contributed by atoms with Crippen molar-refractivity contribution in [1.29, 1.82) is 0 Å². The molecule has 0 radical (unpaired) electrons. The van der Waals surface area contributed by atoms with E-state index in [1.807, 2.05) is 66.7 Å². The number of carbonyl (C=O) groups excluding carboxylic acids is 1. The van der Waals surface area contributed by atoms with Crippen LogP contribution < -0.4 is 10.1 Å². The molecule has 0 bridgehead atoms. The van der Waals surface area contributed by atoms with Gasteiger partial charge in [0.15, 0.2) is 0 Å². The van der Waals surface area contributed by atoms with Crippen LogP contribution >= 0.6 is 7.37 Å². The second kappa shape index (κ2) is 14.5. The van der Waals surface area contributed by atoms with Crippen molar-refractivity contribution in [1.82, 2.24) is 5.32 Å². The van der Waals surface area contributed by atoms with Gasteiger partial charge in [0.2, 0.25) is 7.37 Å². The predicted molar refractivity (Wildman–Crippen MR) is 176 cm³/mol. The standard InChI is InChI=1S/C35H53F3NO5P/c1-25-14-12-15-26(22-25)16-13-21-42-29-18-17-27(23-28(29)35(36,37)38)19-20-34(11,39-30(40)44-31(2,3)4)24-43-45(41,32(5,6)7)33(8,9)10/h12,14-15,17-18,22-23H,13,16,19-21,24H2,1-11H3,(H,39,40). The molecule has 0 spiro atoms. The number of hydrogen-bond donors (Lipinski definition) is 1. The fraction of sp³-hybridized carbons (Fsp3) is 0.629. The average Bonchev–Trinajstić information content (AvgIpc) is 2.86. The van der Waals surface area contributed by atoms with Gasteiger partial charge in [-0.1, -0.05) is 77.4 Å². The van der Waals surface area contributed by atoms with E-state index in [4.69, 9.17) is 14.0 Å². The van der Waals surface area contributed by atoms with E-state index in [2.05, 4.69) is 11.4 Å². The summed E-state index contributed by atoms with van der Waals surface area (Å²) in [5.41, 5.74) is -0.0593. The highest BCUT2D eigenvalue weighted by molar-refractivity contribution is 7.62. The van der Waals surface area contributed by atoms with Crippen LogP contribution in [0.1, 0.15) is 104 Å². The number of ether oxygens (including phenoxy) is 2. The summed E-state index contributed by atoms with van der Waals surface area (Å²) in [6.45, 7) is 20.1. The van der Waals surface area contributed by atoms with Crippen molar-refractivity contribution in [2.45, 2.75) is 129 Å². The summed E-state index contributed by atoms with van der Waals surface area (Å²) in [5.74, 6) is -0.218. The van der Waals surface area contributed by atoms with Crippen molar-refractivity contribution < 1.29 is 36.5 Å². The van der Waals surface area contributed by atoms with Crippen LogP contribution in [0.5, 0.6) is 5.75 Å². The normalized spacial score (nSPS) is 14.5. The van der Waals surface area contributed by atoms with Crippen molar-refractivity contribution in [3.8, 4) is 5.75 Å². The smallest absolute Gasteiger partial charge is 0.419 e. The van der Waals surface area contributed by atoms with Crippen LogP contribution in [-0.2, 0) is 32.8 Å². The lowest BCUT2D eigenvalue weighted by Gasteiger charge is -2.42. The molecule has 1 atom stereocenters.